The van der Waals surface area contributed by atoms with Gasteiger partial charge in [0.2, 0.25) is 0 Å². The summed E-state index contributed by atoms with van der Waals surface area (Å²) in [6.45, 7) is 5.35. The first-order valence-corrected chi connectivity index (χ1v) is 9.32. The molecule has 1 N–H and O–H groups in total. The van der Waals surface area contributed by atoms with Gasteiger partial charge in [-0.3, -0.25) is 4.90 Å². The SMILES string of the molecule is Cl.Clc1cccc(N2CCN(CCCc3c[nH]c4ccccc34)CC2)n1. The fourth-order valence-electron chi connectivity index (χ4n) is 3.61. The van der Waals surface area contributed by atoms with Gasteiger partial charge in [0, 0.05) is 43.3 Å². The van der Waals surface area contributed by atoms with Gasteiger partial charge in [0.15, 0.2) is 0 Å². The highest BCUT2D eigenvalue weighted by atomic mass is 35.5. The summed E-state index contributed by atoms with van der Waals surface area (Å²) >= 11 is 6.00. The Balaban J connectivity index is 0.00000196. The molecule has 4 rings (SSSR count). The zero-order valence-corrected chi connectivity index (χ0v) is 16.3. The molecule has 138 valence electrons. The molecule has 2 aromatic heterocycles. The number of halogens is 2. The lowest BCUT2D eigenvalue weighted by Crippen LogP contribution is -2.47. The molecule has 0 spiro atoms. The minimum absolute atomic E-state index is 0. The predicted molar refractivity (Wildman–Crippen MR) is 112 cm³/mol. The van der Waals surface area contributed by atoms with Gasteiger partial charge in [-0.15, -0.1) is 12.4 Å². The molecule has 1 aliphatic heterocycles. The van der Waals surface area contributed by atoms with Gasteiger partial charge in [0.05, 0.1) is 0 Å². The first kappa shape index (κ1) is 19.0. The maximum Gasteiger partial charge on any atom is 0.131 e. The second kappa shape index (κ2) is 8.76. The van der Waals surface area contributed by atoms with Gasteiger partial charge in [-0.25, -0.2) is 4.98 Å². The summed E-state index contributed by atoms with van der Waals surface area (Å²) in [5, 5.41) is 1.93. The summed E-state index contributed by atoms with van der Waals surface area (Å²) in [7, 11) is 0. The molecule has 0 atom stereocenters. The number of aryl methyl sites for hydroxylation is 1. The first-order valence-electron chi connectivity index (χ1n) is 8.94. The third-order valence-electron chi connectivity index (χ3n) is 4.99. The molecular weight excluding hydrogens is 367 g/mol. The second-order valence-corrected chi connectivity index (χ2v) is 7.00. The van der Waals surface area contributed by atoms with Crippen LogP contribution in [0.2, 0.25) is 5.15 Å². The number of para-hydroxylation sites is 1. The van der Waals surface area contributed by atoms with Gasteiger partial charge in [0.1, 0.15) is 11.0 Å². The van der Waals surface area contributed by atoms with E-state index in [-0.39, 0.29) is 12.4 Å². The number of pyridine rings is 1. The van der Waals surface area contributed by atoms with Crippen LogP contribution < -0.4 is 4.90 Å². The molecule has 0 unspecified atom stereocenters. The number of rotatable bonds is 5. The number of hydrogen-bond acceptors (Lipinski definition) is 3. The van der Waals surface area contributed by atoms with Crippen molar-refractivity contribution in [2.45, 2.75) is 12.8 Å². The van der Waals surface area contributed by atoms with Gasteiger partial charge in [-0.2, -0.15) is 0 Å². The van der Waals surface area contributed by atoms with Gasteiger partial charge >= 0.3 is 0 Å². The average molecular weight is 391 g/mol. The van der Waals surface area contributed by atoms with Crippen molar-refractivity contribution in [2.75, 3.05) is 37.6 Å². The van der Waals surface area contributed by atoms with Crippen LogP contribution in [-0.4, -0.2) is 47.6 Å². The molecule has 1 saturated heterocycles. The van der Waals surface area contributed by atoms with Crippen LogP contribution in [0, 0.1) is 0 Å². The van der Waals surface area contributed by atoms with E-state index in [0.717, 1.165) is 45.0 Å². The van der Waals surface area contributed by atoms with E-state index in [0.29, 0.717) is 5.15 Å². The molecule has 1 fully saturated rings. The fraction of sp³-hybridized carbons (Fsp3) is 0.350. The van der Waals surface area contributed by atoms with Crippen LogP contribution in [0.3, 0.4) is 0 Å². The highest BCUT2D eigenvalue weighted by Gasteiger charge is 2.17. The number of aromatic amines is 1. The van der Waals surface area contributed by atoms with Crippen LogP contribution in [-0.2, 0) is 6.42 Å². The smallest absolute Gasteiger partial charge is 0.131 e. The molecule has 26 heavy (non-hydrogen) atoms. The number of aromatic nitrogens is 2. The minimum Gasteiger partial charge on any atom is -0.361 e. The van der Waals surface area contributed by atoms with Gasteiger partial charge < -0.3 is 9.88 Å². The Labute approximate surface area is 165 Å². The number of benzene rings is 1. The predicted octanol–water partition coefficient (Wildman–Crippen LogP) is 4.39. The lowest BCUT2D eigenvalue weighted by Gasteiger charge is -2.35. The number of H-pyrrole nitrogens is 1. The third-order valence-corrected chi connectivity index (χ3v) is 5.20. The molecule has 3 heterocycles. The molecule has 3 aromatic rings. The van der Waals surface area contributed by atoms with E-state index >= 15 is 0 Å². The maximum atomic E-state index is 6.00. The van der Waals surface area contributed by atoms with E-state index in [4.69, 9.17) is 11.6 Å². The molecule has 4 nitrogen and oxygen atoms in total. The zero-order chi connectivity index (χ0) is 17.1. The lowest BCUT2D eigenvalue weighted by molar-refractivity contribution is 0.254. The number of hydrogen-bond donors (Lipinski definition) is 1. The van der Waals surface area contributed by atoms with E-state index in [1.54, 1.807) is 0 Å². The maximum absolute atomic E-state index is 6.00. The van der Waals surface area contributed by atoms with Crippen molar-refractivity contribution in [3.8, 4) is 0 Å². The molecular formula is C20H24Cl2N4. The Hall–Kier alpha value is -1.75. The Kier molecular flexibility index (Phi) is 6.41. The highest BCUT2D eigenvalue weighted by Crippen LogP contribution is 2.20. The summed E-state index contributed by atoms with van der Waals surface area (Å²) in [6.07, 6.45) is 4.48. The van der Waals surface area contributed by atoms with Crippen LogP contribution in [0.4, 0.5) is 5.82 Å². The summed E-state index contributed by atoms with van der Waals surface area (Å²) in [4.78, 5) is 12.7. The molecule has 0 radical (unpaired) electrons. The number of fused-ring (bicyclic) bond motifs is 1. The van der Waals surface area contributed by atoms with Gasteiger partial charge in [-0.1, -0.05) is 35.9 Å². The summed E-state index contributed by atoms with van der Waals surface area (Å²) < 4.78 is 0. The summed E-state index contributed by atoms with van der Waals surface area (Å²) in [5.41, 5.74) is 2.66. The van der Waals surface area contributed by atoms with Crippen LogP contribution >= 0.6 is 24.0 Å². The Bertz CT molecular complexity index is 840. The number of nitrogens with one attached hydrogen (secondary N) is 1. The van der Waals surface area contributed by atoms with Crippen molar-refractivity contribution in [3.05, 3.63) is 59.4 Å². The molecule has 1 aliphatic rings. The van der Waals surface area contributed by atoms with Gasteiger partial charge in [0.25, 0.3) is 0 Å². The highest BCUT2D eigenvalue weighted by molar-refractivity contribution is 6.29. The fourth-order valence-corrected chi connectivity index (χ4v) is 3.77. The monoisotopic (exact) mass is 390 g/mol. The van der Waals surface area contributed by atoms with Crippen LogP contribution in [0.1, 0.15) is 12.0 Å². The van der Waals surface area contributed by atoms with E-state index < -0.39 is 0 Å². The van der Waals surface area contributed by atoms with Crippen molar-refractivity contribution < 1.29 is 0 Å². The van der Waals surface area contributed by atoms with Crippen molar-refractivity contribution in [3.63, 3.8) is 0 Å². The van der Waals surface area contributed by atoms with Crippen molar-refractivity contribution in [1.29, 1.82) is 0 Å². The molecule has 0 amide bonds. The lowest BCUT2D eigenvalue weighted by atomic mass is 10.1. The summed E-state index contributed by atoms with van der Waals surface area (Å²) in [6, 6.07) is 14.4. The second-order valence-electron chi connectivity index (χ2n) is 6.61. The van der Waals surface area contributed by atoms with E-state index in [1.165, 1.54) is 22.9 Å². The van der Waals surface area contributed by atoms with Crippen molar-refractivity contribution in [2.24, 2.45) is 0 Å². The molecule has 0 saturated carbocycles. The standard InChI is InChI=1S/C20H23ClN4.ClH/c21-19-8-3-9-20(23-19)25-13-11-24(12-14-25)10-4-5-16-15-22-18-7-2-1-6-17(16)18;/h1-3,6-9,15,22H,4-5,10-14H2;1H. The quantitative estimate of drug-likeness (QED) is 0.655. The average Bonchev–Trinajstić information content (AvgIpc) is 3.06. The largest absolute Gasteiger partial charge is 0.361 e. The van der Waals surface area contributed by atoms with Crippen LogP contribution in [0.5, 0.6) is 0 Å². The number of anilines is 1. The zero-order valence-electron chi connectivity index (χ0n) is 14.7. The van der Waals surface area contributed by atoms with E-state index in [1.807, 2.05) is 18.2 Å². The molecule has 6 heteroatoms. The molecule has 0 aliphatic carbocycles. The van der Waals surface area contributed by atoms with Gasteiger partial charge in [-0.05, 0) is 43.1 Å². The Morgan fingerprint density at radius 3 is 2.62 bits per heavy atom. The van der Waals surface area contributed by atoms with E-state index in [2.05, 4.69) is 50.2 Å². The Morgan fingerprint density at radius 2 is 1.81 bits per heavy atom. The number of nitrogens with zero attached hydrogens (tertiary/aromatic N) is 3. The topological polar surface area (TPSA) is 35.2 Å². The normalized spacial score (nSPS) is 15.2. The van der Waals surface area contributed by atoms with Crippen molar-refractivity contribution in [1.82, 2.24) is 14.9 Å². The van der Waals surface area contributed by atoms with Crippen molar-refractivity contribution >= 4 is 40.7 Å². The third kappa shape index (κ3) is 4.32. The van der Waals surface area contributed by atoms with Crippen LogP contribution in [0.25, 0.3) is 10.9 Å². The molecule has 1 aromatic carbocycles. The Morgan fingerprint density at radius 1 is 1.00 bits per heavy atom. The first-order chi connectivity index (χ1) is 12.3. The number of piperazine rings is 1. The van der Waals surface area contributed by atoms with Crippen LogP contribution in [0.15, 0.2) is 48.7 Å². The minimum atomic E-state index is 0. The molecule has 0 bridgehead atoms. The van der Waals surface area contributed by atoms with E-state index in [9.17, 15) is 0 Å². The summed E-state index contributed by atoms with van der Waals surface area (Å²) in [5.74, 6) is 0.992.